The van der Waals surface area contributed by atoms with Crippen molar-refractivity contribution in [2.24, 2.45) is 0 Å². The molecule has 1 amide bonds. The first-order chi connectivity index (χ1) is 13.5. The normalized spacial score (nSPS) is 11.3. The highest BCUT2D eigenvalue weighted by Crippen LogP contribution is 2.27. The number of rotatable bonds is 5. The van der Waals surface area contributed by atoms with Crippen molar-refractivity contribution in [3.8, 4) is 10.6 Å². The fourth-order valence-electron chi connectivity index (χ4n) is 2.91. The number of nitrogens with zero attached hydrogens (tertiary/aromatic N) is 4. The highest BCUT2D eigenvalue weighted by Gasteiger charge is 2.12. The fourth-order valence-corrected chi connectivity index (χ4v) is 3.78. The van der Waals surface area contributed by atoms with Gasteiger partial charge in [0.1, 0.15) is 5.01 Å². The highest BCUT2D eigenvalue weighted by atomic mass is 32.1. The lowest BCUT2D eigenvalue weighted by Gasteiger charge is -2.08. The van der Waals surface area contributed by atoms with Crippen molar-refractivity contribution in [2.75, 3.05) is 5.32 Å². The quantitative estimate of drug-likeness (QED) is 0.531. The summed E-state index contributed by atoms with van der Waals surface area (Å²) in [4.78, 5) is 13.2. The third kappa shape index (κ3) is 3.53. The Morgan fingerprint density at radius 3 is 2.43 bits per heavy atom. The molecule has 0 bridgehead atoms. The summed E-state index contributed by atoms with van der Waals surface area (Å²) < 4.78 is 1.79. The largest absolute Gasteiger partial charge is 0.322 e. The lowest BCUT2D eigenvalue weighted by atomic mass is 10.0. The molecule has 0 spiro atoms. The van der Waals surface area contributed by atoms with Crippen molar-refractivity contribution < 1.29 is 4.79 Å². The van der Waals surface area contributed by atoms with Gasteiger partial charge >= 0.3 is 0 Å². The predicted octanol–water partition coefficient (Wildman–Crippen LogP) is 4.79. The number of hydrogen-bond donors (Lipinski definition) is 1. The molecule has 142 valence electrons. The summed E-state index contributed by atoms with van der Waals surface area (Å²) in [6.07, 6.45) is 0.785. The zero-order chi connectivity index (χ0) is 19.7. The van der Waals surface area contributed by atoms with Gasteiger partial charge in [-0.25, -0.2) is 0 Å². The van der Waals surface area contributed by atoms with Crippen LogP contribution in [0.4, 0.5) is 5.69 Å². The minimum atomic E-state index is -0.116. The van der Waals surface area contributed by atoms with Gasteiger partial charge in [0.25, 0.3) is 5.91 Å². The van der Waals surface area contributed by atoms with Crippen LogP contribution in [-0.2, 0) is 6.42 Å². The van der Waals surface area contributed by atoms with Crippen molar-refractivity contribution in [2.45, 2.75) is 33.1 Å². The number of aromatic nitrogens is 4. The van der Waals surface area contributed by atoms with E-state index in [0.717, 1.165) is 33.5 Å². The van der Waals surface area contributed by atoms with Crippen LogP contribution in [0.2, 0.25) is 0 Å². The van der Waals surface area contributed by atoms with Crippen LogP contribution in [0.25, 0.3) is 15.5 Å². The predicted molar refractivity (Wildman–Crippen MR) is 112 cm³/mol. The maximum Gasteiger partial charge on any atom is 0.255 e. The number of anilines is 1. The molecule has 0 unspecified atom stereocenters. The van der Waals surface area contributed by atoms with Crippen LogP contribution in [0.3, 0.4) is 0 Å². The van der Waals surface area contributed by atoms with Gasteiger partial charge in [-0.15, -0.1) is 10.2 Å². The molecule has 1 N–H and O–H groups in total. The minimum absolute atomic E-state index is 0.116. The monoisotopic (exact) mass is 391 g/mol. The van der Waals surface area contributed by atoms with Gasteiger partial charge in [-0.2, -0.15) is 9.61 Å². The lowest BCUT2D eigenvalue weighted by molar-refractivity contribution is 0.102. The van der Waals surface area contributed by atoms with Gasteiger partial charge in [0.2, 0.25) is 4.96 Å². The zero-order valence-electron chi connectivity index (χ0n) is 16.0. The van der Waals surface area contributed by atoms with E-state index in [4.69, 9.17) is 0 Å². The Balaban J connectivity index is 1.49. The van der Waals surface area contributed by atoms with E-state index in [2.05, 4.69) is 34.5 Å². The van der Waals surface area contributed by atoms with Gasteiger partial charge in [-0.3, -0.25) is 4.79 Å². The van der Waals surface area contributed by atoms with E-state index in [1.165, 1.54) is 16.9 Å². The second-order valence-electron chi connectivity index (χ2n) is 6.88. The molecule has 4 rings (SSSR count). The third-order valence-corrected chi connectivity index (χ3v) is 5.55. The summed E-state index contributed by atoms with van der Waals surface area (Å²) in [7, 11) is 0. The molecule has 0 atom stereocenters. The second-order valence-corrected chi connectivity index (χ2v) is 7.84. The van der Waals surface area contributed by atoms with Gasteiger partial charge in [0, 0.05) is 23.2 Å². The number of amides is 1. The first-order valence-electron chi connectivity index (χ1n) is 9.28. The molecule has 4 aromatic rings. The van der Waals surface area contributed by atoms with E-state index in [0.29, 0.717) is 11.5 Å². The Morgan fingerprint density at radius 2 is 1.79 bits per heavy atom. The van der Waals surface area contributed by atoms with Gasteiger partial charge < -0.3 is 5.32 Å². The van der Waals surface area contributed by atoms with Crippen molar-refractivity contribution in [1.82, 2.24) is 19.8 Å². The molecule has 0 saturated carbocycles. The zero-order valence-corrected chi connectivity index (χ0v) is 16.8. The molecule has 0 aliphatic carbocycles. The van der Waals surface area contributed by atoms with Crippen LogP contribution in [0.15, 0.2) is 48.5 Å². The molecular weight excluding hydrogens is 370 g/mol. The Bertz CT molecular complexity index is 1110. The third-order valence-electron chi connectivity index (χ3n) is 4.60. The number of fused-ring (bicyclic) bond motifs is 1. The Labute approximate surface area is 167 Å². The summed E-state index contributed by atoms with van der Waals surface area (Å²) in [5.74, 6) is 1.18. The van der Waals surface area contributed by atoms with E-state index in [9.17, 15) is 4.79 Å². The Kier molecular flexibility index (Phi) is 4.92. The number of carbonyl (C=O) groups excluding carboxylic acids is 1. The van der Waals surface area contributed by atoms with Crippen molar-refractivity contribution >= 4 is 27.9 Å². The first kappa shape index (κ1) is 18.3. The topological polar surface area (TPSA) is 72.2 Å². The molecular formula is C21H21N5OS. The summed E-state index contributed by atoms with van der Waals surface area (Å²) in [6.45, 7) is 6.30. The standard InChI is InChI=1S/C21H21N5OS/c1-4-18-23-24-21-26(18)25-20(28-21)16-9-11-17(12-10-16)22-19(27)15-7-5-14(6-8-15)13(2)3/h5-13H,4H2,1-3H3,(H,22,27). The minimum Gasteiger partial charge on any atom is -0.322 e. The summed E-state index contributed by atoms with van der Waals surface area (Å²) >= 11 is 1.50. The second kappa shape index (κ2) is 7.52. The number of aryl methyl sites for hydroxylation is 1. The van der Waals surface area contributed by atoms with Crippen LogP contribution in [0, 0.1) is 0 Å². The molecule has 2 aromatic carbocycles. The van der Waals surface area contributed by atoms with Crippen LogP contribution in [0.1, 0.15) is 48.4 Å². The number of hydrogen-bond acceptors (Lipinski definition) is 5. The van der Waals surface area contributed by atoms with Crippen molar-refractivity contribution in [1.29, 1.82) is 0 Å². The molecule has 6 nitrogen and oxygen atoms in total. The van der Waals surface area contributed by atoms with E-state index in [1.807, 2.05) is 55.5 Å². The summed E-state index contributed by atoms with van der Waals surface area (Å²) in [5, 5.41) is 16.7. The van der Waals surface area contributed by atoms with Crippen molar-refractivity contribution in [3.05, 3.63) is 65.5 Å². The number of nitrogens with one attached hydrogen (secondary N) is 1. The lowest BCUT2D eigenvalue weighted by Crippen LogP contribution is -2.11. The van der Waals surface area contributed by atoms with Gasteiger partial charge in [0.15, 0.2) is 5.82 Å². The maximum absolute atomic E-state index is 12.5. The summed E-state index contributed by atoms with van der Waals surface area (Å²) in [5.41, 5.74) is 3.60. The number of carbonyl (C=O) groups is 1. The van der Waals surface area contributed by atoms with E-state index in [1.54, 1.807) is 4.52 Å². The van der Waals surface area contributed by atoms with E-state index < -0.39 is 0 Å². The van der Waals surface area contributed by atoms with Gasteiger partial charge in [-0.05, 0) is 47.9 Å². The Hall–Kier alpha value is -3.06. The smallest absolute Gasteiger partial charge is 0.255 e. The van der Waals surface area contributed by atoms with Crippen LogP contribution in [0.5, 0.6) is 0 Å². The van der Waals surface area contributed by atoms with Crippen molar-refractivity contribution in [3.63, 3.8) is 0 Å². The average molecular weight is 392 g/mol. The van der Waals surface area contributed by atoms with Crippen LogP contribution in [-0.4, -0.2) is 25.7 Å². The van der Waals surface area contributed by atoms with Gasteiger partial charge in [0.05, 0.1) is 0 Å². The van der Waals surface area contributed by atoms with Crippen LogP contribution < -0.4 is 5.32 Å². The van der Waals surface area contributed by atoms with E-state index >= 15 is 0 Å². The SMILES string of the molecule is CCc1nnc2sc(-c3ccc(NC(=O)c4ccc(C(C)C)cc4)cc3)nn12. The number of benzene rings is 2. The average Bonchev–Trinajstić information content (AvgIpc) is 3.29. The molecule has 2 heterocycles. The molecule has 28 heavy (non-hydrogen) atoms. The van der Waals surface area contributed by atoms with Crippen LogP contribution >= 0.6 is 11.3 Å². The molecule has 0 saturated heterocycles. The molecule has 0 fully saturated rings. The van der Waals surface area contributed by atoms with E-state index in [-0.39, 0.29) is 5.91 Å². The molecule has 0 radical (unpaired) electrons. The summed E-state index contributed by atoms with van der Waals surface area (Å²) in [6, 6.07) is 15.4. The molecule has 2 aromatic heterocycles. The molecule has 0 aliphatic rings. The first-order valence-corrected chi connectivity index (χ1v) is 10.1. The fraction of sp³-hybridized carbons (Fsp3) is 0.238. The Morgan fingerprint density at radius 1 is 1.07 bits per heavy atom. The van der Waals surface area contributed by atoms with Gasteiger partial charge in [-0.1, -0.05) is 44.2 Å². The molecule has 7 heteroatoms. The molecule has 0 aliphatic heterocycles. The maximum atomic E-state index is 12.5. The highest BCUT2D eigenvalue weighted by molar-refractivity contribution is 7.19.